The van der Waals surface area contributed by atoms with Crippen LogP contribution in [0.4, 0.5) is 0 Å². The monoisotopic (exact) mass is 290 g/mol. The topological polar surface area (TPSA) is 9.23 Å². The van der Waals surface area contributed by atoms with Crippen molar-refractivity contribution in [3.05, 3.63) is 35.9 Å². The molecule has 0 bridgehead atoms. The Kier molecular flexibility index (Phi) is 7.07. The predicted octanol–water partition coefficient (Wildman–Crippen LogP) is 5.78. The fraction of sp³-hybridized carbons (Fsp3) is 0.556. The first-order valence-corrected chi connectivity index (χ1v) is 11.5. The van der Waals surface area contributed by atoms with E-state index in [1.54, 1.807) is 0 Å². The van der Waals surface area contributed by atoms with Crippen LogP contribution >= 0.6 is 0 Å². The SMILES string of the molecule is C=Cc1ccc(OCCCC)c(CCC[Si](C)(C)C)c1. The van der Waals surface area contributed by atoms with Crippen LogP contribution in [-0.2, 0) is 6.42 Å². The minimum absolute atomic E-state index is 0.824. The molecule has 0 aromatic heterocycles. The summed E-state index contributed by atoms with van der Waals surface area (Å²) < 4.78 is 5.94. The lowest BCUT2D eigenvalue weighted by atomic mass is 10.1. The molecular formula is C18H30OSi. The minimum Gasteiger partial charge on any atom is -0.493 e. The Morgan fingerprint density at radius 3 is 2.55 bits per heavy atom. The standard InChI is InChI=1S/C18H30OSi/c1-6-8-13-19-18-12-11-16(7-2)15-17(18)10-9-14-20(3,4)5/h7,11-12,15H,2,6,8-10,13-14H2,1,3-5H3. The zero-order valence-corrected chi connectivity index (χ0v) is 14.7. The van der Waals surface area contributed by atoms with Crippen LogP contribution < -0.4 is 4.74 Å². The van der Waals surface area contributed by atoms with Crippen LogP contribution in [0, 0.1) is 0 Å². The molecule has 0 atom stereocenters. The Morgan fingerprint density at radius 1 is 1.20 bits per heavy atom. The minimum atomic E-state index is -0.943. The Balaban J connectivity index is 2.70. The maximum Gasteiger partial charge on any atom is 0.122 e. The van der Waals surface area contributed by atoms with Crippen LogP contribution in [0.3, 0.4) is 0 Å². The number of ether oxygens (including phenoxy) is 1. The molecule has 0 spiro atoms. The molecule has 20 heavy (non-hydrogen) atoms. The van der Waals surface area contributed by atoms with E-state index in [1.807, 2.05) is 6.08 Å². The average molecular weight is 291 g/mol. The van der Waals surface area contributed by atoms with Gasteiger partial charge in [0.05, 0.1) is 6.61 Å². The molecular weight excluding hydrogens is 260 g/mol. The molecule has 0 unspecified atom stereocenters. The second kappa shape index (κ2) is 8.31. The molecule has 0 radical (unpaired) electrons. The van der Waals surface area contributed by atoms with E-state index < -0.39 is 8.07 Å². The lowest BCUT2D eigenvalue weighted by molar-refractivity contribution is 0.306. The second-order valence-corrected chi connectivity index (χ2v) is 12.3. The molecule has 0 saturated carbocycles. The van der Waals surface area contributed by atoms with Crippen LogP contribution in [0.2, 0.25) is 25.7 Å². The third-order valence-corrected chi connectivity index (χ3v) is 5.30. The molecule has 1 aromatic rings. The Labute approximate surface area is 126 Å². The molecule has 0 aliphatic carbocycles. The Morgan fingerprint density at radius 2 is 1.95 bits per heavy atom. The lowest BCUT2D eigenvalue weighted by Crippen LogP contribution is -2.19. The van der Waals surface area contributed by atoms with Gasteiger partial charge in [0.1, 0.15) is 5.75 Å². The van der Waals surface area contributed by atoms with E-state index in [4.69, 9.17) is 4.74 Å². The van der Waals surface area contributed by atoms with Crippen LogP contribution in [0.5, 0.6) is 5.75 Å². The van der Waals surface area contributed by atoms with Crippen molar-refractivity contribution in [2.45, 2.75) is 58.3 Å². The summed E-state index contributed by atoms with van der Waals surface area (Å²) in [6.07, 6.45) is 6.60. The van der Waals surface area contributed by atoms with Crippen molar-refractivity contribution in [3.8, 4) is 5.75 Å². The third kappa shape index (κ3) is 6.42. The van der Waals surface area contributed by atoms with Crippen molar-refractivity contribution >= 4 is 14.1 Å². The third-order valence-electron chi connectivity index (χ3n) is 3.45. The zero-order valence-electron chi connectivity index (χ0n) is 13.7. The summed E-state index contributed by atoms with van der Waals surface area (Å²) in [5.41, 5.74) is 2.53. The second-order valence-electron chi connectivity index (χ2n) is 6.69. The number of unbranched alkanes of at least 4 members (excludes halogenated alkanes) is 1. The van der Waals surface area contributed by atoms with E-state index in [9.17, 15) is 0 Å². The van der Waals surface area contributed by atoms with Gasteiger partial charge in [0.2, 0.25) is 0 Å². The summed E-state index contributed by atoms with van der Waals surface area (Å²) in [6, 6.07) is 7.81. The fourth-order valence-electron chi connectivity index (χ4n) is 2.20. The van der Waals surface area contributed by atoms with Crippen molar-refractivity contribution in [2.24, 2.45) is 0 Å². The van der Waals surface area contributed by atoms with Crippen molar-refractivity contribution in [2.75, 3.05) is 6.61 Å². The summed E-state index contributed by atoms with van der Waals surface area (Å²) in [4.78, 5) is 0. The van der Waals surface area contributed by atoms with Gasteiger partial charge >= 0.3 is 0 Å². The van der Waals surface area contributed by atoms with Crippen LogP contribution in [0.15, 0.2) is 24.8 Å². The highest BCUT2D eigenvalue weighted by atomic mass is 28.3. The van der Waals surface area contributed by atoms with Gasteiger partial charge in [-0.2, -0.15) is 0 Å². The van der Waals surface area contributed by atoms with Gasteiger partial charge in [0.15, 0.2) is 0 Å². The van der Waals surface area contributed by atoms with E-state index in [2.05, 4.69) is 51.3 Å². The average Bonchev–Trinajstić information content (AvgIpc) is 2.39. The molecule has 0 fully saturated rings. The summed E-state index contributed by atoms with van der Waals surface area (Å²) in [5.74, 6) is 1.07. The molecule has 1 aromatic carbocycles. The number of hydrogen-bond donors (Lipinski definition) is 0. The van der Waals surface area contributed by atoms with Crippen molar-refractivity contribution in [3.63, 3.8) is 0 Å². The van der Waals surface area contributed by atoms with Crippen LogP contribution in [0.1, 0.15) is 37.3 Å². The summed E-state index contributed by atoms with van der Waals surface area (Å²) >= 11 is 0. The molecule has 112 valence electrons. The maximum atomic E-state index is 5.94. The van der Waals surface area contributed by atoms with Gasteiger partial charge in [-0.1, -0.05) is 64.2 Å². The van der Waals surface area contributed by atoms with E-state index in [0.717, 1.165) is 25.2 Å². The van der Waals surface area contributed by atoms with Gasteiger partial charge in [0, 0.05) is 8.07 Å². The fourth-order valence-corrected chi connectivity index (χ4v) is 3.44. The summed E-state index contributed by atoms with van der Waals surface area (Å²) in [7, 11) is -0.943. The summed E-state index contributed by atoms with van der Waals surface area (Å²) in [5, 5.41) is 0. The first-order chi connectivity index (χ1) is 9.46. The molecule has 0 amide bonds. The largest absolute Gasteiger partial charge is 0.493 e. The van der Waals surface area contributed by atoms with Crippen molar-refractivity contribution < 1.29 is 4.74 Å². The van der Waals surface area contributed by atoms with Crippen molar-refractivity contribution in [1.82, 2.24) is 0 Å². The smallest absolute Gasteiger partial charge is 0.122 e. The van der Waals surface area contributed by atoms with Gasteiger partial charge in [-0.3, -0.25) is 0 Å². The van der Waals surface area contributed by atoms with Crippen LogP contribution in [0.25, 0.3) is 6.08 Å². The molecule has 0 heterocycles. The normalized spacial score (nSPS) is 11.4. The van der Waals surface area contributed by atoms with E-state index >= 15 is 0 Å². The lowest BCUT2D eigenvalue weighted by Gasteiger charge is -2.17. The van der Waals surface area contributed by atoms with Crippen LogP contribution in [-0.4, -0.2) is 14.7 Å². The molecule has 2 heteroatoms. The van der Waals surface area contributed by atoms with Gasteiger partial charge in [-0.25, -0.2) is 0 Å². The Bertz CT molecular complexity index is 418. The molecule has 1 rings (SSSR count). The highest BCUT2D eigenvalue weighted by Crippen LogP contribution is 2.24. The molecule has 0 aliphatic heterocycles. The molecule has 0 N–H and O–H groups in total. The number of rotatable bonds is 9. The quantitative estimate of drug-likeness (QED) is 0.414. The highest BCUT2D eigenvalue weighted by Gasteiger charge is 2.13. The van der Waals surface area contributed by atoms with Gasteiger partial charge < -0.3 is 4.74 Å². The predicted molar refractivity (Wildman–Crippen MR) is 93.4 cm³/mol. The van der Waals surface area contributed by atoms with Gasteiger partial charge in [0.25, 0.3) is 0 Å². The molecule has 0 aliphatic rings. The Hall–Kier alpha value is -1.02. The summed E-state index contributed by atoms with van der Waals surface area (Å²) in [6.45, 7) is 14.2. The molecule has 1 nitrogen and oxygen atoms in total. The van der Waals surface area contributed by atoms with E-state index in [0.29, 0.717) is 0 Å². The van der Waals surface area contributed by atoms with Gasteiger partial charge in [-0.05, 0) is 36.1 Å². The number of benzene rings is 1. The number of aryl methyl sites for hydroxylation is 1. The van der Waals surface area contributed by atoms with Crippen molar-refractivity contribution in [1.29, 1.82) is 0 Å². The maximum absolute atomic E-state index is 5.94. The molecule has 0 saturated heterocycles. The first kappa shape index (κ1) is 17.0. The first-order valence-electron chi connectivity index (χ1n) is 7.84. The number of hydrogen-bond acceptors (Lipinski definition) is 1. The van der Waals surface area contributed by atoms with E-state index in [1.165, 1.54) is 30.0 Å². The zero-order chi connectivity index (χ0) is 15.0. The van der Waals surface area contributed by atoms with Gasteiger partial charge in [-0.15, -0.1) is 0 Å². The highest BCUT2D eigenvalue weighted by molar-refractivity contribution is 6.76. The van der Waals surface area contributed by atoms with E-state index in [-0.39, 0.29) is 0 Å².